The molecule has 2 aromatic heterocycles. The molecule has 3 aromatic rings. The second-order valence-corrected chi connectivity index (χ2v) is 10.1. The lowest BCUT2D eigenvalue weighted by Crippen LogP contribution is -2.44. The van der Waals surface area contributed by atoms with Crippen molar-refractivity contribution in [1.29, 1.82) is 5.26 Å². The van der Waals surface area contributed by atoms with E-state index in [4.69, 9.17) is 18.9 Å². The summed E-state index contributed by atoms with van der Waals surface area (Å²) in [6.45, 7) is 3.85. The molecule has 2 fully saturated rings. The molecule has 8 nitrogen and oxygen atoms in total. The first kappa shape index (κ1) is 25.2. The standard InChI is InChI=1S/C28H29N3O5S/c1-33-27(32)24-7-8-25(37-24)28(21-9-14-34-15-10-21,36-26-4-2-3-11-30-26)22-6-5-20(19-29)23(18-22)31-12-16-35-17-13-31/h2-8,11,18,21H,9-10,12-17H2,1H3. The van der Waals surface area contributed by atoms with Gasteiger partial charge in [-0.3, -0.25) is 0 Å². The number of nitriles is 1. The molecule has 192 valence electrons. The third-order valence-corrected chi connectivity index (χ3v) is 8.14. The van der Waals surface area contributed by atoms with Gasteiger partial charge in [-0.2, -0.15) is 5.26 Å². The number of thiophene rings is 1. The number of ether oxygens (including phenoxy) is 4. The summed E-state index contributed by atoms with van der Waals surface area (Å²) in [6, 6.07) is 17.6. The van der Waals surface area contributed by atoms with E-state index in [9.17, 15) is 10.1 Å². The lowest BCUT2D eigenvalue weighted by Gasteiger charge is -2.42. The molecular weight excluding hydrogens is 490 g/mol. The largest absolute Gasteiger partial charge is 0.465 e. The molecule has 0 amide bonds. The smallest absolute Gasteiger partial charge is 0.348 e. The Kier molecular flexibility index (Phi) is 7.70. The number of pyridine rings is 1. The van der Waals surface area contributed by atoms with Gasteiger partial charge in [0.15, 0.2) is 5.60 Å². The van der Waals surface area contributed by atoms with E-state index in [1.807, 2.05) is 36.4 Å². The first-order valence-corrected chi connectivity index (χ1v) is 13.2. The molecule has 0 radical (unpaired) electrons. The Labute approximate surface area is 220 Å². The van der Waals surface area contributed by atoms with Gasteiger partial charge in [0.25, 0.3) is 0 Å². The van der Waals surface area contributed by atoms with Crippen molar-refractivity contribution in [3.63, 3.8) is 0 Å². The van der Waals surface area contributed by atoms with Crippen LogP contribution in [0.5, 0.6) is 5.88 Å². The second kappa shape index (κ2) is 11.3. The zero-order valence-electron chi connectivity index (χ0n) is 20.7. The van der Waals surface area contributed by atoms with Gasteiger partial charge in [-0.15, -0.1) is 11.3 Å². The van der Waals surface area contributed by atoms with Gasteiger partial charge in [0.1, 0.15) is 10.9 Å². The Morgan fingerprint density at radius 1 is 1.11 bits per heavy atom. The number of benzene rings is 1. The van der Waals surface area contributed by atoms with Crippen LogP contribution in [0.3, 0.4) is 0 Å². The Morgan fingerprint density at radius 2 is 1.89 bits per heavy atom. The lowest BCUT2D eigenvalue weighted by atomic mass is 9.75. The van der Waals surface area contributed by atoms with Gasteiger partial charge in [0.05, 0.1) is 36.5 Å². The molecule has 2 aliphatic rings. The van der Waals surface area contributed by atoms with Crippen molar-refractivity contribution in [3.8, 4) is 11.9 Å². The van der Waals surface area contributed by atoms with E-state index in [2.05, 4.69) is 22.0 Å². The maximum atomic E-state index is 12.4. The zero-order valence-corrected chi connectivity index (χ0v) is 21.5. The number of esters is 1. The van der Waals surface area contributed by atoms with Crippen LogP contribution in [0, 0.1) is 17.2 Å². The summed E-state index contributed by atoms with van der Waals surface area (Å²) >= 11 is 1.36. The fourth-order valence-corrected chi connectivity index (χ4v) is 6.27. The highest BCUT2D eigenvalue weighted by molar-refractivity contribution is 7.14. The molecule has 0 N–H and O–H groups in total. The van der Waals surface area contributed by atoms with E-state index in [0.717, 1.165) is 29.0 Å². The molecule has 37 heavy (non-hydrogen) atoms. The number of anilines is 1. The van der Waals surface area contributed by atoms with Crippen molar-refractivity contribution in [2.24, 2.45) is 5.92 Å². The van der Waals surface area contributed by atoms with E-state index in [1.165, 1.54) is 18.4 Å². The second-order valence-electron chi connectivity index (χ2n) is 8.99. The van der Waals surface area contributed by atoms with Gasteiger partial charge >= 0.3 is 5.97 Å². The summed E-state index contributed by atoms with van der Waals surface area (Å²) in [5.74, 6) is 0.140. The van der Waals surface area contributed by atoms with Gasteiger partial charge in [0, 0.05) is 50.0 Å². The number of carbonyl (C=O) groups excluding carboxylic acids is 1. The minimum Gasteiger partial charge on any atom is -0.465 e. The van der Waals surface area contributed by atoms with Gasteiger partial charge in [-0.05, 0) is 43.2 Å². The Hall–Kier alpha value is -3.45. The summed E-state index contributed by atoms with van der Waals surface area (Å²) in [7, 11) is 1.38. The lowest BCUT2D eigenvalue weighted by molar-refractivity contribution is -0.0272. The molecule has 0 saturated carbocycles. The quantitative estimate of drug-likeness (QED) is 0.425. The monoisotopic (exact) mass is 519 g/mol. The summed E-state index contributed by atoms with van der Waals surface area (Å²) in [6.07, 6.45) is 3.24. The van der Waals surface area contributed by atoms with Crippen LogP contribution in [0.2, 0.25) is 0 Å². The van der Waals surface area contributed by atoms with Crippen LogP contribution in [-0.2, 0) is 19.8 Å². The van der Waals surface area contributed by atoms with Crippen LogP contribution in [0.15, 0.2) is 54.7 Å². The van der Waals surface area contributed by atoms with Crippen molar-refractivity contribution in [2.75, 3.05) is 51.5 Å². The van der Waals surface area contributed by atoms with Gasteiger partial charge < -0.3 is 23.8 Å². The number of nitrogens with zero attached hydrogens (tertiary/aromatic N) is 3. The van der Waals surface area contributed by atoms with E-state index >= 15 is 0 Å². The van der Waals surface area contributed by atoms with Crippen molar-refractivity contribution in [3.05, 3.63) is 75.6 Å². The highest BCUT2D eigenvalue weighted by Gasteiger charge is 2.47. The topological polar surface area (TPSA) is 93.9 Å². The summed E-state index contributed by atoms with van der Waals surface area (Å²) in [5.41, 5.74) is 1.41. The molecule has 9 heteroatoms. The number of carbonyl (C=O) groups is 1. The average molecular weight is 520 g/mol. The fourth-order valence-electron chi connectivity index (χ4n) is 5.12. The SMILES string of the molecule is COC(=O)c1ccc(C(Oc2ccccn2)(c2ccc(C#N)c(N3CCOCC3)c2)C2CCOCC2)s1. The highest BCUT2D eigenvalue weighted by atomic mass is 32.1. The van der Waals surface area contributed by atoms with Crippen molar-refractivity contribution in [1.82, 2.24) is 4.98 Å². The van der Waals surface area contributed by atoms with Crippen LogP contribution in [-0.4, -0.2) is 57.6 Å². The number of rotatable bonds is 7. The minimum atomic E-state index is -0.954. The zero-order chi connectivity index (χ0) is 25.7. The van der Waals surface area contributed by atoms with Crippen LogP contribution in [0.4, 0.5) is 5.69 Å². The summed E-state index contributed by atoms with van der Waals surface area (Å²) < 4.78 is 23.2. The van der Waals surface area contributed by atoms with Gasteiger partial charge in [-0.25, -0.2) is 9.78 Å². The van der Waals surface area contributed by atoms with E-state index in [1.54, 1.807) is 12.3 Å². The minimum absolute atomic E-state index is 0.0397. The molecule has 1 aromatic carbocycles. The highest BCUT2D eigenvalue weighted by Crippen LogP contribution is 2.48. The van der Waals surface area contributed by atoms with E-state index in [-0.39, 0.29) is 11.9 Å². The van der Waals surface area contributed by atoms with Crippen molar-refractivity contribution < 1.29 is 23.7 Å². The van der Waals surface area contributed by atoms with Crippen LogP contribution >= 0.6 is 11.3 Å². The molecule has 1 atom stereocenters. The third-order valence-electron chi connectivity index (χ3n) is 6.96. The first-order valence-electron chi connectivity index (χ1n) is 12.4. The predicted molar refractivity (Wildman–Crippen MR) is 139 cm³/mol. The van der Waals surface area contributed by atoms with Crippen LogP contribution in [0.25, 0.3) is 0 Å². The van der Waals surface area contributed by atoms with Crippen LogP contribution in [0.1, 0.15) is 38.5 Å². The van der Waals surface area contributed by atoms with E-state index in [0.29, 0.717) is 55.8 Å². The molecule has 2 saturated heterocycles. The number of aromatic nitrogens is 1. The summed E-state index contributed by atoms with van der Waals surface area (Å²) in [5, 5.41) is 9.92. The number of methoxy groups -OCH3 is 1. The Morgan fingerprint density at radius 3 is 2.59 bits per heavy atom. The average Bonchev–Trinajstić information content (AvgIpc) is 3.47. The number of morpholine rings is 1. The Balaban J connectivity index is 1.72. The molecular formula is C28H29N3O5S. The Bertz CT molecular complexity index is 1260. The maximum absolute atomic E-state index is 12.4. The normalized spacial score (nSPS) is 18.0. The molecule has 0 aliphatic carbocycles. The molecule has 1 unspecified atom stereocenters. The number of hydrogen-bond donors (Lipinski definition) is 0. The molecule has 2 aliphatic heterocycles. The van der Waals surface area contributed by atoms with Gasteiger partial charge in [0.2, 0.25) is 5.88 Å². The molecule has 4 heterocycles. The van der Waals surface area contributed by atoms with Crippen molar-refractivity contribution in [2.45, 2.75) is 18.4 Å². The predicted octanol–water partition coefficient (Wildman–Crippen LogP) is 4.39. The number of hydrogen-bond acceptors (Lipinski definition) is 9. The maximum Gasteiger partial charge on any atom is 0.348 e. The molecule has 0 spiro atoms. The van der Waals surface area contributed by atoms with Gasteiger partial charge in [-0.1, -0.05) is 12.1 Å². The summed E-state index contributed by atoms with van der Waals surface area (Å²) in [4.78, 5) is 20.5. The van der Waals surface area contributed by atoms with Crippen LogP contribution < -0.4 is 9.64 Å². The fraction of sp³-hybridized carbons (Fsp3) is 0.393. The molecule has 5 rings (SSSR count). The first-order chi connectivity index (χ1) is 18.2. The van der Waals surface area contributed by atoms with Crippen molar-refractivity contribution >= 4 is 23.0 Å². The molecule has 0 bridgehead atoms. The third kappa shape index (κ3) is 5.05. The van der Waals surface area contributed by atoms with E-state index < -0.39 is 5.60 Å².